The molecule has 144 valence electrons. The molecule has 7 heteroatoms. The standard InChI is InChI=1S/C21H23N5O2/c1-15-13-20(26-25-15)23-19-14-21(28-17-9-11-27-12-10-17)24-18(22-19)8-7-16-5-3-2-4-6-16/h2-8,13-14,17H,9-12H2,1H3,(H2,22,23,24,25,26)/b8-7+. The van der Waals surface area contributed by atoms with Crippen LogP contribution in [-0.4, -0.2) is 39.5 Å². The minimum absolute atomic E-state index is 0.107. The summed E-state index contributed by atoms with van der Waals surface area (Å²) in [5.41, 5.74) is 2.05. The van der Waals surface area contributed by atoms with Crippen molar-refractivity contribution in [2.75, 3.05) is 18.5 Å². The summed E-state index contributed by atoms with van der Waals surface area (Å²) in [4.78, 5) is 9.14. The molecule has 0 amide bonds. The fourth-order valence-corrected chi connectivity index (χ4v) is 2.95. The van der Waals surface area contributed by atoms with E-state index in [4.69, 9.17) is 9.47 Å². The summed E-state index contributed by atoms with van der Waals surface area (Å²) in [5.74, 6) is 2.45. The first-order valence-corrected chi connectivity index (χ1v) is 9.40. The molecule has 4 rings (SSSR count). The third-order valence-electron chi connectivity index (χ3n) is 4.36. The molecule has 0 atom stereocenters. The summed E-state index contributed by atoms with van der Waals surface area (Å²) < 4.78 is 11.5. The number of rotatable bonds is 6. The van der Waals surface area contributed by atoms with E-state index in [0.29, 0.717) is 36.6 Å². The minimum Gasteiger partial charge on any atom is -0.474 e. The SMILES string of the molecule is Cc1cc(Nc2cc(OC3CCOCC3)nc(/C=C/c3ccccc3)n2)n[nH]1. The molecule has 0 radical (unpaired) electrons. The zero-order chi connectivity index (χ0) is 19.2. The van der Waals surface area contributed by atoms with Crippen molar-refractivity contribution in [1.29, 1.82) is 0 Å². The Bertz CT molecular complexity index is 933. The molecule has 0 spiro atoms. The van der Waals surface area contributed by atoms with E-state index in [0.717, 1.165) is 24.1 Å². The molecule has 2 aromatic heterocycles. The summed E-state index contributed by atoms with van der Waals surface area (Å²) in [5, 5.41) is 10.3. The van der Waals surface area contributed by atoms with Gasteiger partial charge in [-0.15, -0.1) is 0 Å². The number of aromatic nitrogens is 4. The van der Waals surface area contributed by atoms with E-state index >= 15 is 0 Å². The Morgan fingerprint density at radius 1 is 1.07 bits per heavy atom. The highest BCUT2D eigenvalue weighted by molar-refractivity contribution is 5.67. The Morgan fingerprint density at radius 3 is 2.64 bits per heavy atom. The molecule has 7 nitrogen and oxygen atoms in total. The van der Waals surface area contributed by atoms with Gasteiger partial charge in [0.25, 0.3) is 0 Å². The minimum atomic E-state index is 0.107. The van der Waals surface area contributed by atoms with Gasteiger partial charge in [0.2, 0.25) is 5.88 Å². The fourth-order valence-electron chi connectivity index (χ4n) is 2.95. The van der Waals surface area contributed by atoms with Gasteiger partial charge in [-0.2, -0.15) is 10.1 Å². The summed E-state index contributed by atoms with van der Waals surface area (Å²) in [6, 6.07) is 13.8. The van der Waals surface area contributed by atoms with Gasteiger partial charge in [-0.1, -0.05) is 36.4 Å². The quantitative estimate of drug-likeness (QED) is 0.676. The number of nitrogens with one attached hydrogen (secondary N) is 2. The number of hydrogen-bond acceptors (Lipinski definition) is 6. The second kappa shape index (κ2) is 8.67. The number of nitrogens with zero attached hydrogens (tertiary/aromatic N) is 3. The monoisotopic (exact) mass is 377 g/mol. The smallest absolute Gasteiger partial charge is 0.219 e. The average Bonchev–Trinajstić information content (AvgIpc) is 3.12. The maximum atomic E-state index is 6.10. The number of hydrogen-bond donors (Lipinski definition) is 2. The highest BCUT2D eigenvalue weighted by Gasteiger charge is 2.17. The van der Waals surface area contributed by atoms with Gasteiger partial charge in [0, 0.05) is 30.7 Å². The molecule has 0 bridgehead atoms. The molecule has 0 saturated carbocycles. The van der Waals surface area contributed by atoms with E-state index in [9.17, 15) is 0 Å². The highest BCUT2D eigenvalue weighted by atomic mass is 16.5. The van der Waals surface area contributed by atoms with Crippen LogP contribution in [0.4, 0.5) is 11.6 Å². The summed E-state index contributed by atoms with van der Waals surface area (Å²) in [7, 11) is 0. The second-order valence-corrected chi connectivity index (χ2v) is 6.68. The van der Waals surface area contributed by atoms with Gasteiger partial charge >= 0.3 is 0 Å². The van der Waals surface area contributed by atoms with Crippen molar-refractivity contribution in [2.45, 2.75) is 25.9 Å². The van der Waals surface area contributed by atoms with Gasteiger partial charge in [0.1, 0.15) is 11.9 Å². The Morgan fingerprint density at radius 2 is 1.89 bits per heavy atom. The lowest BCUT2D eigenvalue weighted by Crippen LogP contribution is -2.26. The Labute approximate surface area is 163 Å². The average molecular weight is 377 g/mol. The molecule has 3 aromatic rings. The largest absolute Gasteiger partial charge is 0.474 e. The van der Waals surface area contributed by atoms with Gasteiger partial charge < -0.3 is 14.8 Å². The van der Waals surface area contributed by atoms with Crippen LogP contribution in [0.15, 0.2) is 42.5 Å². The van der Waals surface area contributed by atoms with Gasteiger partial charge in [-0.25, -0.2) is 4.98 Å². The molecular weight excluding hydrogens is 354 g/mol. The topological polar surface area (TPSA) is 84.9 Å². The Kier molecular flexibility index (Phi) is 5.63. The van der Waals surface area contributed by atoms with Crippen LogP contribution in [-0.2, 0) is 4.74 Å². The molecule has 1 saturated heterocycles. The molecule has 28 heavy (non-hydrogen) atoms. The maximum Gasteiger partial charge on any atom is 0.219 e. The predicted octanol–water partition coefficient (Wildman–Crippen LogP) is 3.98. The van der Waals surface area contributed by atoms with Crippen LogP contribution in [0.1, 0.15) is 29.9 Å². The van der Waals surface area contributed by atoms with Crippen molar-refractivity contribution in [3.63, 3.8) is 0 Å². The Hall–Kier alpha value is -3.19. The van der Waals surface area contributed by atoms with Crippen molar-refractivity contribution in [1.82, 2.24) is 20.2 Å². The molecule has 2 N–H and O–H groups in total. The van der Waals surface area contributed by atoms with Crippen LogP contribution in [0.5, 0.6) is 5.88 Å². The van der Waals surface area contributed by atoms with Crippen molar-refractivity contribution < 1.29 is 9.47 Å². The number of anilines is 2. The first kappa shape index (κ1) is 18.2. The number of benzene rings is 1. The van der Waals surface area contributed by atoms with Crippen molar-refractivity contribution in [3.05, 3.63) is 59.5 Å². The third-order valence-corrected chi connectivity index (χ3v) is 4.36. The van der Waals surface area contributed by atoms with Crippen LogP contribution in [0.25, 0.3) is 12.2 Å². The fraction of sp³-hybridized carbons (Fsp3) is 0.286. The van der Waals surface area contributed by atoms with E-state index in [1.165, 1.54) is 0 Å². The first-order chi connectivity index (χ1) is 13.7. The molecule has 1 aliphatic rings. The van der Waals surface area contributed by atoms with E-state index in [1.54, 1.807) is 6.07 Å². The van der Waals surface area contributed by atoms with Gasteiger partial charge in [0.05, 0.1) is 13.2 Å². The van der Waals surface area contributed by atoms with E-state index in [2.05, 4.69) is 25.5 Å². The number of ether oxygens (including phenoxy) is 2. The zero-order valence-electron chi connectivity index (χ0n) is 15.8. The number of H-pyrrole nitrogens is 1. The highest BCUT2D eigenvalue weighted by Crippen LogP contribution is 2.22. The molecule has 0 aliphatic carbocycles. The lowest BCUT2D eigenvalue weighted by atomic mass is 10.1. The van der Waals surface area contributed by atoms with E-state index in [-0.39, 0.29) is 6.10 Å². The van der Waals surface area contributed by atoms with Crippen LogP contribution >= 0.6 is 0 Å². The van der Waals surface area contributed by atoms with Crippen LogP contribution in [0.3, 0.4) is 0 Å². The normalized spacial score (nSPS) is 15.0. The van der Waals surface area contributed by atoms with E-state index in [1.807, 2.05) is 55.5 Å². The molecule has 1 fully saturated rings. The predicted molar refractivity (Wildman–Crippen MR) is 108 cm³/mol. The lowest BCUT2D eigenvalue weighted by Gasteiger charge is -2.22. The number of aromatic amines is 1. The van der Waals surface area contributed by atoms with Crippen LogP contribution in [0, 0.1) is 6.92 Å². The van der Waals surface area contributed by atoms with Crippen molar-refractivity contribution >= 4 is 23.8 Å². The van der Waals surface area contributed by atoms with Gasteiger partial charge in [-0.3, -0.25) is 5.10 Å². The zero-order valence-corrected chi connectivity index (χ0v) is 15.8. The van der Waals surface area contributed by atoms with Crippen molar-refractivity contribution in [3.8, 4) is 5.88 Å². The molecule has 0 unspecified atom stereocenters. The Balaban J connectivity index is 1.58. The lowest BCUT2D eigenvalue weighted by molar-refractivity contribution is 0.0237. The molecule has 1 aliphatic heterocycles. The third kappa shape index (κ3) is 4.95. The summed E-state index contributed by atoms with van der Waals surface area (Å²) in [6.07, 6.45) is 5.69. The van der Waals surface area contributed by atoms with E-state index < -0.39 is 0 Å². The first-order valence-electron chi connectivity index (χ1n) is 9.40. The van der Waals surface area contributed by atoms with Gasteiger partial charge in [0.15, 0.2) is 11.6 Å². The molecular formula is C21H23N5O2. The second-order valence-electron chi connectivity index (χ2n) is 6.68. The number of aryl methyl sites for hydroxylation is 1. The summed E-state index contributed by atoms with van der Waals surface area (Å²) >= 11 is 0. The molecule has 3 heterocycles. The maximum absolute atomic E-state index is 6.10. The van der Waals surface area contributed by atoms with Crippen LogP contribution in [0.2, 0.25) is 0 Å². The molecule has 1 aromatic carbocycles. The van der Waals surface area contributed by atoms with Gasteiger partial charge in [-0.05, 0) is 18.6 Å². The van der Waals surface area contributed by atoms with Crippen LogP contribution < -0.4 is 10.1 Å². The summed E-state index contributed by atoms with van der Waals surface area (Å²) in [6.45, 7) is 3.38. The van der Waals surface area contributed by atoms with Crippen molar-refractivity contribution in [2.24, 2.45) is 0 Å².